The first kappa shape index (κ1) is 16.3. The molecule has 0 saturated carbocycles. The summed E-state index contributed by atoms with van der Waals surface area (Å²) in [7, 11) is 5.40. The molecule has 1 heterocycles. The fourth-order valence-electron chi connectivity index (χ4n) is 1.78. The van der Waals surface area contributed by atoms with Crippen LogP contribution in [0.5, 0.6) is 5.75 Å². The molecule has 1 N–H and O–H groups in total. The summed E-state index contributed by atoms with van der Waals surface area (Å²) < 4.78 is 10.9. The van der Waals surface area contributed by atoms with E-state index in [-0.39, 0.29) is 12.4 Å². The van der Waals surface area contributed by atoms with Crippen molar-refractivity contribution < 1.29 is 9.15 Å². The smallest absolute Gasteiger partial charge is 0.318 e. The zero-order valence-corrected chi connectivity index (χ0v) is 12.6. The van der Waals surface area contributed by atoms with E-state index in [0.29, 0.717) is 25.0 Å². The number of hydrogen-bond acceptors (Lipinski definition) is 6. The number of hydrogen-bond donors (Lipinski definition) is 1. The van der Waals surface area contributed by atoms with Gasteiger partial charge in [0.15, 0.2) is 0 Å². The maximum Gasteiger partial charge on any atom is 0.318 e. The number of para-hydroxylation sites is 1. The summed E-state index contributed by atoms with van der Waals surface area (Å²) in [6, 6.07) is 8.37. The fourth-order valence-corrected chi connectivity index (χ4v) is 1.78. The SMILES string of the molecule is CNCc1nnc(N(C)Cc2ccccc2OC)o1.Cl. The number of nitrogens with zero attached hydrogens (tertiary/aromatic N) is 3. The molecule has 0 fully saturated rings. The van der Waals surface area contributed by atoms with Gasteiger partial charge in [-0.05, 0) is 13.1 Å². The van der Waals surface area contributed by atoms with Crippen LogP contribution in [0.3, 0.4) is 0 Å². The minimum Gasteiger partial charge on any atom is -0.496 e. The lowest BCUT2D eigenvalue weighted by Gasteiger charge is -2.15. The van der Waals surface area contributed by atoms with E-state index in [9.17, 15) is 0 Å². The monoisotopic (exact) mass is 298 g/mol. The molecular weight excluding hydrogens is 280 g/mol. The Bertz CT molecular complexity index is 533. The predicted octanol–water partition coefficient (Wildman–Crippen LogP) is 1.86. The molecule has 2 aromatic rings. The molecule has 0 saturated heterocycles. The molecule has 6 nitrogen and oxygen atoms in total. The van der Waals surface area contributed by atoms with Crippen molar-refractivity contribution in [1.82, 2.24) is 15.5 Å². The maximum absolute atomic E-state index is 5.53. The third kappa shape index (κ3) is 3.85. The molecule has 0 aliphatic rings. The van der Waals surface area contributed by atoms with Gasteiger partial charge in [0.1, 0.15) is 5.75 Å². The second-order valence-electron chi connectivity index (χ2n) is 4.18. The molecule has 2 rings (SSSR count). The van der Waals surface area contributed by atoms with Gasteiger partial charge in [-0.25, -0.2) is 0 Å². The molecule has 1 aromatic heterocycles. The largest absolute Gasteiger partial charge is 0.496 e. The quantitative estimate of drug-likeness (QED) is 0.878. The molecule has 0 unspecified atom stereocenters. The van der Waals surface area contributed by atoms with Crippen LogP contribution < -0.4 is 15.0 Å². The number of aromatic nitrogens is 2. The fraction of sp³-hybridized carbons (Fsp3) is 0.385. The Morgan fingerprint density at radius 1 is 1.30 bits per heavy atom. The minimum absolute atomic E-state index is 0. The van der Waals surface area contributed by atoms with E-state index in [1.807, 2.05) is 43.3 Å². The highest BCUT2D eigenvalue weighted by molar-refractivity contribution is 5.85. The van der Waals surface area contributed by atoms with Gasteiger partial charge in [-0.2, -0.15) is 0 Å². The standard InChI is InChI=1S/C13H18N4O2.ClH/c1-14-8-12-15-16-13(19-12)17(2)9-10-6-4-5-7-11(10)18-3;/h4-7,14H,8-9H2,1-3H3;1H. The Labute approximate surface area is 124 Å². The van der Waals surface area contributed by atoms with Gasteiger partial charge in [0.25, 0.3) is 0 Å². The van der Waals surface area contributed by atoms with Crippen molar-refractivity contribution in [1.29, 1.82) is 0 Å². The number of methoxy groups -OCH3 is 1. The van der Waals surface area contributed by atoms with E-state index in [1.165, 1.54) is 0 Å². The molecule has 20 heavy (non-hydrogen) atoms. The lowest BCUT2D eigenvalue weighted by atomic mass is 10.2. The van der Waals surface area contributed by atoms with Gasteiger partial charge in [-0.1, -0.05) is 23.3 Å². The van der Waals surface area contributed by atoms with Gasteiger partial charge in [0.05, 0.1) is 20.2 Å². The van der Waals surface area contributed by atoms with E-state index in [0.717, 1.165) is 11.3 Å². The van der Waals surface area contributed by atoms with Crippen molar-refractivity contribution in [2.75, 3.05) is 26.1 Å². The van der Waals surface area contributed by atoms with Crippen molar-refractivity contribution >= 4 is 18.4 Å². The van der Waals surface area contributed by atoms with Crippen molar-refractivity contribution in [3.8, 4) is 5.75 Å². The molecule has 0 aliphatic carbocycles. The average molecular weight is 299 g/mol. The summed E-state index contributed by atoms with van der Waals surface area (Å²) in [5, 5.41) is 10.9. The topological polar surface area (TPSA) is 63.4 Å². The van der Waals surface area contributed by atoms with Crippen LogP contribution in [-0.4, -0.2) is 31.4 Å². The van der Waals surface area contributed by atoms with Gasteiger partial charge in [-0.15, -0.1) is 17.5 Å². The number of benzene rings is 1. The normalized spacial score (nSPS) is 9.95. The van der Waals surface area contributed by atoms with Crippen LogP contribution in [0.1, 0.15) is 11.5 Å². The summed E-state index contributed by atoms with van der Waals surface area (Å²) in [4.78, 5) is 1.89. The molecule has 0 amide bonds. The highest BCUT2D eigenvalue weighted by Gasteiger charge is 2.12. The Morgan fingerprint density at radius 2 is 2.05 bits per heavy atom. The Hall–Kier alpha value is -1.79. The third-order valence-electron chi connectivity index (χ3n) is 2.71. The molecule has 1 aromatic carbocycles. The summed E-state index contributed by atoms with van der Waals surface area (Å²) in [5.74, 6) is 1.42. The zero-order chi connectivity index (χ0) is 13.7. The van der Waals surface area contributed by atoms with Crippen LogP contribution in [0, 0.1) is 0 Å². The second-order valence-corrected chi connectivity index (χ2v) is 4.18. The molecule has 0 radical (unpaired) electrons. The number of nitrogens with one attached hydrogen (secondary N) is 1. The summed E-state index contributed by atoms with van der Waals surface area (Å²) in [5.41, 5.74) is 1.07. The Balaban J connectivity index is 0.00000200. The van der Waals surface area contributed by atoms with E-state index in [1.54, 1.807) is 7.11 Å². The van der Waals surface area contributed by atoms with Crippen molar-refractivity contribution in [2.24, 2.45) is 0 Å². The highest BCUT2D eigenvalue weighted by atomic mass is 35.5. The van der Waals surface area contributed by atoms with Gasteiger partial charge in [-0.3, -0.25) is 0 Å². The molecular formula is C13H19ClN4O2. The molecule has 0 atom stereocenters. The number of ether oxygens (including phenoxy) is 1. The molecule has 0 aliphatic heterocycles. The average Bonchev–Trinajstić information content (AvgIpc) is 2.88. The minimum atomic E-state index is 0. The third-order valence-corrected chi connectivity index (χ3v) is 2.71. The van der Waals surface area contributed by atoms with Gasteiger partial charge in [0, 0.05) is 12.6 Å². The first-order chi connectivity index (χ1) is 9.24. The van der Waals surface area contributed by atoms with Crippen molar-refractivity contribution in [3.05, 3.63) is 35.7 Å². The van der Waals surface area contributed by atoms with Crippen LogP contribution in [0.15, 0.2) is 28.7 Å². The number of rotatable bonds is 6. The lowest BCUT2D eigenvalue weighted by molar-refractivity contribution is 0.408. The first-order valence-electron chi connectivity index (χ1n) is 6.04. The molecule has 0 spiro atoms. The van der Waals surface area contributed by atoms with Crippen LogP contribution in [0.25, 0.3) is 0 Å². The molecule has 110 valence electrons. The predicted molar refractivity (Wildman–Crippen MR) is 79.4 cm³/mol. The lowest BCUT2D eigenvalue weighted by Crippen LogP contribution is -2.17. The van der Waals surface area contributed by atoms with E-state index in [4.69, 9.17) is 9.15 Å². The zero-order valence-electron chi connectivity index (χ0n) is 11.8. The van der Waals surface area contributed by atoms with E-state index >= 15 is 0 Å². The van der Waals surface area contributed by atoms with E-state index in [2.05, 4.69) is 15.5 Å². The maximum atomic E-state index is 5.53. The van der Waals surface area contributed by atoms with Gasteiger partial charge < -0.3 is 19.4 Å². The highest BCUT2D eigenvalue weighted by Crippen LogP contribution is 2.21. The number of anilines is 1. The number of halogens is 1. The van der Waals surface area contributed by atoms with Crippen LogP contribution >= 0.6 is 12.4 Å². The van der Waals surface area contributed by atoms with Crippen LogP contribution in [-0.2, 0) is 13.1 Å². The Kier molecular flexibility index (Phi) is 6.27. The summed E-state index contributed by atoms with van der Waals surface area (Å²) >= 11 is 0. The van der Waals surface area contributed by atoms with E-state index < -0.39 is 0 Å². The second kappa shape index (κ2) is 7.72. The van der Waals surface area contributed by atoms with Crippen LogP contribution in [0.4, 0.5) is 6.01 Å². The van der Waals surface area contributed by atoms with Gasteiger partial charge in [0.2, 0.25) is 5.89 Å². The molecule has 7 heteroatoms. The Morgan fingerprint density at radius 3 is 2.75 bits per heavy atom. The summed E-state index contributed by atoms with van der Waals surface area (Å²) in [6.45, 7) is 1.21. The molecule has 0 bridgehead atoms. The van der Waals surface area contributed by atoms with Crippen molar-refractivity contribution in [3.63, 3.8) is 0 Å². The summed E-state index contributed by atoms with van der Waals surface area (Å²) in [6.07, 6.45) is 0. The van der Waals surface area contributed by atoms with Crippen LogP contribution in [0.2, 0.25) is 0 Å². The first-order valence-corrected chi connectivity index (χ1v) is 6.04. The van der Waals surface area contributed by atoms with Gasteiger partial charge >= 0.3 is 6.01 Å². The van der Waals surface area contributed by atoms with Crippen molar-refractivity contribution in [2.45, 2.75) is 13.1 Å².